The molecule has 0 aliphatic heterocycles. The number of methoxy groups -OCH3 is 1. The summed E-state index contributed by atoms with van der Waals surface area (Å²) < 4.78 is 5.18. The zero-order valence-electron chi connectivity index (χ0n) is 10.5. The molecule has 2 nitrogen and oxygen atoms in total. The van der Waals surface area contributed by atoms with Crippen LogP contribution in [-0.4, -0.2) is 19.7 Å². The Kier molecular flexibility index (Phi) is 3.06. The van der Waals surface area contributed by atoms with Crippen molar-refractivity contribution in [2.75, 3.05) is 13.7 Å². The summed E-state index contributed by atoms with van der Waals surface area (Å²) in [4.78, 5) is 0. The van der Waals surface area contributed by atoms with Crippen LogP contribution >= 0.6 is 0 Å². The van der Waals surface area contributed by atoms with Crippen molar-refractivity contribution in [2.24, 2.45) is 5.92 Å². The van der Waals surface area contributed by atoms with Gasteiger partial charge in [0.15, 0.2) is 0 Å². The number of hydrogen-bond donors (Lipinski definition) is 1. The minimum absolute atomic E-state index is 0.762. The fourth-order valence-electron chi connectivity index (χ4n) is 2.59. The van der Waals surface area contributed by atoms with Crippen molar-refractivity contribution >= 4 is 0 Å². The zero-order valence-corrected chi connectivity index (χ0v) is 10.5. The third kappa shape index (κ3) is 2.63. The highest BCUT2D eigenvalue weighted by molar-refractivity contribution is 5.30. The summed E-state index contributed by atoms with van der Waals surface area (Å²) in [7, 11) is 1.72. The molecule has 2 aliphatic carbocycles. The van der Waals surface area contributed by atoms with Gasteiger partial charge in [-0.2, -0.15) is 0 Å². The summed E-state index contributed by atoms with van der Waals surface area (Å²) in [5, 5.41) is 3.68. The monoisotopic (exact) mass is 231 g/mol. The van der Waals surface area contributed by atoms with Crippen LogP contribution in [0.15, 0.2) is 24.3 Å². The fourth-order valence-corrected chi connectivity index (χ4v) is 2.59. The second kappa shape index (κ2) is 4.69. The lowest BCUT2D eigenvalue weighted by atomic mass is 9.76. The Hall–Kier alpha value is -1.02. The van der Waals surface area contributed by atoms with Gasteiger partial charge in [-0.1, -0.05) is 12.1 Å². The maximum atomic E-state index is 5.18. The van der Waals surface area contributed by atoms with Gasteiger partial charge >= 0.3 is 0 Å². The molecule has 0 spiro atoms. The molecular formula is C15H21NO. The molecule has 2 heteroatoms. The minimum Gasteiger partial charge on any atom is -0.497 e. The Balaban J connectivity index is 1.46. The van der Waals surface area contributed by atoms with Gasteiger partial charge in [-0.25, -0.2) is 0 Å². The van der Waals surface area contributed by atoms with Gasteiger partial charge in [0.1, 0.15) is 5.75 Å². The van der Waals surface area contributed by atoms with Crippen LogP contribution in [0.1, 0.15) is 37.2 Å². The first-order valence-electron chi connectivity index (χ1n) is 6.72. The standard InChI is InChI=1S/C15H21NO/c1-17-15-6-4-12(5-7-15)13-8-14(9-13)16-10-11-2-3-11/h4-7,11,13-14,16H,2-3,8-10H2,1H3. The third-order valence-corrected chi connectivity index (χ3v) is 4.12. The summed E-state index contributed by atoms with van der Waals surface area (Å²) in [5.74, 6) is 2.71. The van der Waals surface area contributed by atoms with Crippen LogP contribution in [-0.2, 0) is 0 Å². The molecule has 0 atom stereocenters. The molecule has 2 fully saturated rings. The molecule has 17 heavy (non-hydrogen) atoms. The Morgan fingerprint density at radius 2 is 1.88 bits per heavy atom. The normalized spacial score (nSPS) is 27.6. The topological polar surface area (TPSA) is 21.3 Å². The Morgan fingerprint density at radius 3 is 2.47 bits per heavy atom. The fraction of sp³-hybridized carbons (Fsp3) is 0.600. The van der Waals surface area contributed by atoms with Gasteiger partial charge in [0.2, 0.25) is 0 Å². The molecule has 0 heterocycles. The van der Waals surface area contributed by atoms with E-state index in [1.807, 2.05) is 0 Å². The van der Waals surface area contributed by atoms with E-state index in [4.69, 9.17) is 4.74 Å². The molecule has 0 unspecified atom stereocenters. The van der Waals surface area contributed by atoms with Crippen LogP contribution in [0, 0.1) is 5.92 Å². The minimum atomic E-state index is 0.762. The molecule has 0 amide bonds. The molecule has 3 rings (SSSR count). The SMILES string of the molecule is COc1ccc(C2CC(NCC3CC3)C2)cc1. The molecule has 0 bridgehead atoms. The van der Waals surface area contributed by atoms with Crippen LogP contribution < -0.4 is 10.1 Å². The lowest BCUT2D eigenvalue weighted by Crippen LogP contribution is -2.40. The molecule has 1 aromatic rings. The van der Waals surface area contributed by atoms with Crippen molar-refractivity contribution in [1.29, 1.82) is 0 Å². The number of nitrogens with one attached hydrogen (secondary N) is 1. The molecule has 1 N–H and O–H groups in total. The second-order valence-corrected chi connectivity index (χ2v) is 5.49. The second-order valence-electron chi connectivity index (χ2n) is 5.49. The molecule has 92 valence electrons. The van der Waals surface area contributed by atoms with Crippen LogP contribution in [0.4, 0.5) is 0 Å². The lowest BCUT2D eigenvalue weighted by molar-refractivity contribution is 0.288. The van der Waals surface area contributed by atoms with Crippen LogP contribution in [0.3, 0.4) is 0 Å². The summed E-state index contributed by atoms with van der Waals surface area (Å²) in [6.45, 7) is 1.25. The third-order valence-electron chi connectivity index (χ3n) is 4.12. The number of rotatable bonds is 5. The van der Waals surface area contributed by atoms with E-state index in [0.29, 0.717) is 0 Å². The van der Waals surface area contributed by atoms with Crippen molar-refractivity contribution in [1.82, 2.24) is 5.32 Å². The van der Waals surface area contributed by atoms with Crippen LogP contribution in [0.2, 0.25) is 0 Å². The predicted octanol–water partition coefficient (Wildman–Crippen LogP) is 2.94. The van der Waals surface area contributed by atoms with Crippen molar-refractivity contribution in [3.63, 3.8) is 0 Å². The quantitative estimate of drug-likeness (QED) is 0.841. The van der Waals surface area contributed by atoms with Gasteiger partial charge in [-0.3, -0.25) is 0 Å². The number of ether oxygens (including phenoxy) is 1. The van der Waals surface area contributed by atoms with Gasteiger partial charge in [-0.15, -0.1) is 0 Å². The largest absolute Gasteiger partial charge is 0.497 e. The van der Waals surface area contributed by atoms with Gasteiger partial charge in [-0.05, 0) is 61.8 Å². The van der Waals surface area contributed by atoms with Crippen molar-refractivity contribution in [2.45, 2.75) is 37.6 Å². The number of hydrogen-bond acceptors (Lipinski definition) is 2. The Bertz CT molecular complexity index is 363. The summed E-state index contributed by atoms with van der Waals surface area (Å²) in [6.07, 6.45) is 5.50. The van der Waals surface area contributed by atoms with E-state index in [-0.39, 0.29) is 0 Å². The van der Waals surface area contributed by atoms with E-state index in [0.717, 1.165) is 23.6 Å². The lowest BCUT2D eigenvalue weighted by Gasteiger charge is -2.36. The Morgan fingerprint density at radius 1 is 1.18 bits per heavy atom. The maximum absolute atomic E-state index is 5.18. The molecule has 1 aromatic carbocycles. The average molecular weight is 231 g/mol. The summed E-state index contributed by atoms with van der Waals surface area (Å²) in [5.41, 5.74) is 1.47. The summed E-state index contributed by atoms with van der Waals surface area (Å²) >= 11 is 0. The van der Waals surface area contributed by atoms with Gasteiger partial charge in [0.05, 0.1) is 7.11 Å². The first-order valence-corrected chi connectivity index (χ1v) is 6.72. The number of benzene rings is 1. The Labute approximate surface area is 103 Å². The first kappa shape index (κ1) is 11.1. The molecular weight excluding hydrogens is 210 g/mol. The van der Waals surface area contributed by atoms with Crippen molar-refractivity contribution in [3.05, 3.63) is 29.8 Å². The van der Waals surface area contributed by atoms with E-state index in [9.17, 15) is 0 Å². The average Bonchev–Trinajstić information content (AvgIpc) is 3.12. The molecule has 0 saturated heterocycles. The van der Waals surface area contributed by atoms with E-state index in [1.165, 1.54) is 37.8 Å². The molecule has 2 saturated carbocycles. The maximum Gasteiger partial charge on any atom is 0.118 e. The predicted molar refractivity (Wildman–Crippen MR) is 69.5 cm³/mol. The van der Waals surface area contributed by atoms with Crippen LogP contribution in [0.25, 0.3) is 0 Å². The highest BCUT2D eigenvalue weighted by Gasteiger charge is 2.31. The first-order chi connectivity index (χ1) is 8.35. The van der Waals surface area contributed by atoms with Gasteiger partial charge < -0.3 is 10.1 Å². The summed E-state index contributed by atoms with van der Waals surface area (Å²) in [6, 6.07) is 9.32. The van der Waals surface area contributed by atoms with E-state index in [2.05, 4.69) is 29.6 Å². The highest BCUT2D eigenvalue weighted by Crippen LogP contribution is 2.38. The zero-order chi connectivity index (χ0) is 11.7. The van der Waals surface area contributed by atoms with Gasteiger partial charge in [0, 0.05) is 6.04 Å². The van der Waals surface area contributed by atoms with E-state index < -0.39 is 0 Å². The van der Waals surface area contributed by atoms with E-state index in [1.54, 1.807) is 7.11 Å². The van der Waals surface area contributed by atoms with Crippen molar-refractivity contribution in [3.8, 4) is 5.75 Å². The van der Waals surface area contributed by atoms with Gasteiger partial charge in [0.25, 0.3) is 0 Å². The van der Waals surface area contributed by atoms with Crippen molar-refractivity contribution < 1.29 is 4.74 Å². The van der Waals surface area contributed by atoms with E-state index >= 15 is 0 Å². The molecule has 0 radical (unpaired) electrons. The smallest absolute Gasteiger partial charge is 0.118 e. The highest BCUT2D eigenvalue weighted by atomic mass is 16.5. The van der Waals surface area contributed by atoms with Crippen LogP contribution in [0.5, 0.6) is 5.75 Å². The molecule has 0 aromatic heterocycles. The molecule has 2 aliphatic rings.